The van der Waals surface area contributed by atoms with Crippen LogP contribution < -0.4 is 14.8 Å². The Bertz CT molecular complexity index is 2430. The molecule has 3 saturated heterocycles. The second-order valence-corrected chi connectivity index (χ2v) is 15.7. The smallest absolute Gasteiger partial charge is 0.262 e. The molecule has 58 heavy (non-hydrogen) atoms. The number of amides is 5. The summed E-state index contributed by atoms with van der Waals surface area (Å²) in [6.45, 7) is 4.40. The molecule has 298 valence electrons. The van der Waals surface area contributed by atoms with Gasteiger partial charge in [-0.25, -0.2) is 4.98 Å². The SMILES string of the molecule is Cn1c2ccncc2c2ccc(-c3ccc(OC4CN(C(=O)C5CCN(CCCCCOc6ccc7c(c6)C(=O)N(C6CCC(=O)NC6=O)C7=O)CC5)C4)nc3)cc21. The van der Waals surface area contributed by atoms with E-state index in [-0.39, 0.29) is 41.9 Å². The number of rotatable bonds is 12. The van der Waals surface area contributed by atoms with Crippen molar-refractivity contribution in [1.82, 2.24) is 34.6 Å². The molecule has 3 aromatic heterocycles. The Hall–Kier alpha value is -6.15. The minimum absolute atomic E-state index is 0.0454. The van der Waals surface area contributed by atoms with Crippen LogP contribution in [0.1, 0.15) is 65.7 Å². The summed E-state index contributed by atoms with van der Waals surface area (Å²) < 4.78 is 14.2. The number of carbonyl (C=O) groups is 5. The highest BCUT2D eigenvalue weighted by Crippen LogP contribution is 2.33. The minimum atomic E-state index is -0.993. The number of fused-ring (bicyclic) bond motifs is 4. The van der Waals surface area contributed by atoms with Crippen molar-refractivity contribution in [2.45, 2.75) is 57.1 Å². The first kappa shape index (κ1) is 37.4. The molecule has 0 radical (unpaired) electrons. The van der Waals surface area contributed by atoms with Crippen molar-refractivity contribution < 1.29 is 33.4 Å². The molecule has 2 aromatic carbocycles. The summed E-state index contributed by atoms with van der Waals surface area (Å²) in [5.74, 6) is -0.789. The van der Waals surface area contributed by atoms with Gasteiger partial charge in [-0.05, 0) is 100 Å². The number of imide groups is 2. The maximum absolute atomic E-state index is 13.3. The van der Waals surface area contributed by atoms with E-state index in [0.717, 1.165) is 84.2 Å². The number of hydrogen-bond acceptors (Lipinski definition) is 10. The van der Waals surface area contributed by atoms with Crippen molar-refractivity contribution in [3.8, 4) is 22.8 Å². The van der Waals surface area contributed by atoms with Crippen LogP contribution in [0.2, 0.25) is 0 Å². The first-order chi connectivity index (χ1) is 28.2. The van der Waals surface area contributed by atoms with E-state index in [1.807, 2.05) is 41.7 Å². The zero-order valence-corrected chi connectivity index (χ0v) is 32.4. The molecule has 5 amide bonds. The largest absolute Gasteiger partial charge is 0.494 e. The Morgan fingerprint density at radius 3 is 2.43 bits per heavy atom. The summed E-state index contributed by atoms with van der Waals surface area (Å²) in [5.41, 5.74) is 4.83. The molecule has 14 heteroatoms. The maximum Gasteiger partial charge on any atom is 0.262 e. The topological polar surface area (TPSA) is 156 Å². The van der Waals surface area contributed by atoms with Gasteiger partial charge >= 0.3 is 0 Å². The molecule has 1 unspecified atom stereocenters. The lowest BCUT2D eigenvalue weighted by Gasteiger charge is -2.42. The highest BCUT2D eigenvalue weighted by molar-refractivity contribution is 6.23. The van der Waals surface area contributed by atoms with Crippen LogP contribution in [0.4, 0.5) is 0 Å². The van der Waals surface area contributed by atoms with E-state index in [1.54, 1.807) is 18.2 Å². The van der Waals surface area contributed by atoms with Gasteiger partial charge in [-0.3, -0.25) is 39.2 Å². The average Bonchev–Trinajstić information content (AvgIpc) is 3.65. The number of carbonyl (C=O) groups excluding carboxylic acids is 5. The predicted octanol–water partition coefficient (Wildman–Crippen LogP) is 4.74. The highest BCUT2D eigenvalue weighted by atomic mass is 16.5. The van der Waals surface area contributed by atoms with Gasteiger partial charge in [-0.15, -0.1) is 0 Å². The Labute approximate surface area is 335 Å². The second-order valence-electron chi connectivity index (χ2n) is 15.7. The Morgan fingerprint density at radius 2 is 1.64 bits per heavy atom. The Morgan fingerprint density at radius 1 is 0.828 bits per heavy atom. The number of pyridine rings is 2. The van der Waals surface area contributed by atoms with E-state index in [9.17, 15) is 24.0 Å². The number of benzene rings is 2. The normalized spacial score (nSPS) is 19.2. The van der Waals surface area contributed by atoms with E-state index >= 15 is 0 Å². The molecule has 3 fully saturated rings. The molecule has 0 saturated carbocycles. The van der Waals surface area contributed by atoms with Crippen molar-refractivity contribution in [2.75, 3.05) is 39.3 Å². The fraction of sp³-hybridized carbons (Fsp3) is 0.386. The lowest BCUT2D eigenvalue weighted by Crippen LogP contribution is -2.58. The van der Waals surface area contributed by atoms with Gasteiger partial charge in [0.2, 0.25) is 23.6 Å². The third-order valence-electron chi connectivity index (χ3n) is 12.1. The zero-order chi connectivity index (χ0) is 39.9. The molecule has 1 N–H and O–H groups in total. The van der Waals surface area contributed by atoms with Crippen LogP contribution in [0.15, 0.2) is 73.2 Å². The number of hydrogen-bond donors (Lipinski definition) is 1. The molecule has 4 aliphatic heterocycles. The van der Waals surface area contributed by atoms with E-state index in [0.29, 0.717) is 31.3 Å². The van der Waals surface area contributed by atoms with Gasteiger partial charge in [-0.1, -0.05) is 12.1 Å². The van der Waals surface area contributed by atoms with E-state index < -0.39 is 29.7 Å². The number of unbranched alkanes of at least 4 members (excludes halogenated alkanes) is 2. The van der Waals surface area contributed by atoms with Gasteiger partial charge in [0.25, 0.3) is 11.8 Å². The summed E-state index contributed by atoms with van der Waals surface area (Å²) >= 11 is 0. The van der Waals surface area contributed by atoms with Crippen LogP contribution in [0, 0.1) is 5.92 Å². The van der Waals surface area contributed by atoms with Gasteiger partial charge in [0, 0.05) is 65.9 Å². The molecule has 0 bridgehead atoms. The Kier molecular flexibility index (Phi) is 10.1. The minimum Gasteiger partial charge on any atom is -0.494 e. The summed E-state index contributed by atoms with van der Waals surface area (Å²) in [6, 6.07) is 16.2. The molecular weight excluding hydrogens is 739 g/mol. The number of likely N-dealkylation sites (tertiary alicyclic amines) is 2. The molecule has 14 nitrogen and oxygen atoms in total. The third kappa shape index (κ3) is 7.17. The first-order valence-electron chi connectivity index (χ1n) is 20.2. The highest BCUT2D eigenvalue weighted by Gasteiger charge is 2.45. The molecule has 4 aliphatic rings. The standard InChI is InChI=1S/C44H45N7O7/c1-48-36-13-16-45-24-35(36)32-8-5-28(21-38(32)48)29-6-12-40(46-23-29)58-31-25-50(26-31)42(54)27-14-18-49(19-15-27)17-3-2-4-20-57-30-7-9-33-34(22-30)44(56)51(43(33)55)37-10-11-39(52)47-41(37)53/h5-9,12-13,16,21-24,27,31,37H,2-4,10-11,14-15,17-20,25-26H2,1H3,(H,47,52,53). The van der Waals surface area contributed by atoms with Crippen molar-refractivity contribution in [3.05, 3.63) is 84.3 Å². The number of nitrogens with zero attached hydrogens (tertiary/aromatic N) is 6. The first-order valence-corrected chi connectivity index (χ1v) is 20.2. The number of aromatic nitrogens is 3. The van der Waals surface area contributed by atoms with Crippen molar-refractivity contribution in [3.63, 3.8) is 0 Å². The van der Waals surface area contributed by atoms with Crippen LogP contribution in [0.5, 0.6) is 11.6 Å². The van der Waals surface area contributed by atoms with Gasteiger partial charge < -0.3 is 23.8 Å². The monoisotopic (exact) mass is 783 g/mol. The lowest BCUT2D eigenvalue weighted by molar-refractivity contribution is -0.146. The van der Waals surface area contributed by atoms with Crippen molar-refractivity contribution >= 4 is 51.3 Å². The van der Waals surface area contributed by atoms with Gasteiger partial charge in [0.1, 0.15) is 17.9 Å². The summed E-state index contributed by atoms with van der Waals surface area (Å²) in [6.07, 6.45) is 10.2. The number of ether oxygens (including phenoxy) is 2. The second kappa shape index (κ2) is 15.7. The van der Waals surface area contributed by atoms with E-state index in [4.69, 9.17) is 9.47 Å². The van der Waals surface area contributed by atoms with Crippen molar-refractivity contribution in [2.24, 2.45) is 13.0 Å². The van der Waals surface area contributed by atoms with Crippen molar-refractivity contribution in [1.29, 1.82) is 0 Å². The molecule has 5 aromatic rings. The third-order valence-corrected chi connectivity index (χ3v) is 12.1. The van der Waals surface area contributed by atoms with Gasteiger partial charge in [0.05, 0.1) is 36.3 Å². The summed E-state index contributed by atoms with van der Waals surface area (Å²) in [7, 11) is 2.07. The number of piperidine rings is 2. The fourth-order valence-electron chi connectivity index (χ4n) is 8.72. The van der Waals surface area contributed by atoms with E-state index in [1.165, 1.54) is 5.39 Å². The number of nitrogens with one attached hydrogen (secondary N) is 1. The maximum atomic E-state index is 13.3. The van der Waals surface area contributed by atoms with Crippen LogP contribution in [-0.4, -0.2) is 110 Å². The summed E-state index contributed by atoms with van der Waals surface area (Å²) in [4.78, 5) is 77.3. The molecular formula is C44H45N7O7. The predicted molar refractivity (Wildman–Crippen MR) is 214 cm³/mol. The van der Waals surface area contributed by atoms with Gasteiger partial charge in [0.15, 0.2) is 0 Å². The quantitative estimate of drug-likeness (QED) is 0.139. The molecule has 7 heterocycles. The van der Waals surface area contributed by atoms with Crippen LogP contribution in [0.25, 0.3) is 32.9 Å². The molecule has 0 aliphatic carbocycles. The van der Waals surface area contributed by atoms with E-state index in [2.05, 4.69) is 50.0 Å². The van der Waals surface area contributed by atoms with Crippen LogP contribution in [-0.2, 0) is 21.4 Å². The van der Waals surface area contributed by atoms with Gasteiger partial charge in [-0.2, -0.15) is 0 Å². The average molecular weight is 784 g/mol. The number of aryl methyl sites for hydroxylation is 1. The molecule has 9 rings (SSSR count). The van der Waals surface area contributed by atoms with Crippen LogP contribution in [0.3, 0.4) is 0 Å². The Balaban J connectivity index is 0.662. The molecule has 1 atom stereocenters. The zero-order valence-electron chi connectivity index (χ0n) is 32.4. The van der Waals surface area contributed by atoms with Crippen LogP contribution >= 0.6 is 0 Å². The summed E-state index contributed by atoms with van der Waals surface area (Å²) in [5, 5.41) is 4.52. The lowest BCUT2D eigenvalue weighted by atomic mass is 9.93. The molecule has 0 spiro atoms. The fourth-order valence-corrected chi connectivity index (χ4v) is 8.72.